The minimum atomic E-state index is -0.573. The van der Waals surface area contributed by atoms with E-state index in [1.54, 1.807) is 41.4 Å². The maximum atomic E-state index is 14.8. The zero-order valence-electron chi connectivity index (χ0n) is 17.4. The van der Waals surface area contributed by atoms with Gasteiger partial charge in [-0.1, -0.05) is 5.16 Å². The summed E-state index contributed by atoms with van der Waals surface area (Å²) < 4.78 is 21.6. The standard InChI is InChI=1S/C21H25FN4O4/c1-14(27)23-11-17-13-26(20(28)29-17)16-5-6-19(18(22)9-16)25-8-7-15(12-25)10-24-30-21(2,3)4/h5-10,12,17H,11,13H2,1-4H3,(H,23,27)/t17-/m0/s1. The Bertz CT molecular complexity index is 964. The lowest BCUT2D eigenvalue weighted by atomic mass is 10.2. The molecule has 30 heavy (non-hydrogen) atoms. The molecular formula is C21H25FN4O4. The molecule has 1 aromatic carbocycles. The molecule has 1 aliphatic heterocycles. The van der Waals surface area contributed by atoms with E-state index < -0.39 is 23.6 Å². The number of hydrogen-bond acceptors (Lipinski definition) is 5. The highest BCUT2D eigenvalue weighted by Crippen LogP contribution is 2.25. The molecule has 0 saturated carbocycles. The van der Waals surface area contributed by atoms with Crippen molar-refractivity contribution in [3.8, 4) is 5.69 Å². The third-order valence-electron chi connectivity index (χ3n) is 4.22. The zero-order chi connectivity index (χ0) is 21.9. The van der Waals surface area contributed by atoms with Crippen molar-refractivity contribution >= 4 is 23.9 Å². The van der Waals surface area contributed by atoms with Gasteiger partial charge in [0.1, 0.15) is 17.5 Å². The van der Waals surface area contributed by atoms with Gasteiger partial charge in [-0.25, -0.2) is 9.18 Å². The van der Waals surface area contributed by atoms with Gasteiger partial charge in [-0.3, -0.25) is 9.69 Å². The lowest BCUT2D eigenvalue weighted by Crippen LogP contribution is -2.33. The first kappa shape index (κ1) is 21.4. The van der Waals surface area contributed by atoms with E-state index in [-0.39, 0.29) is 19.0 Å². The first-order valence-corrected chi connectivity index (χ1v) is 9.54. The second-order valence-electron chi connectivity index (χ2n) is 7.98. The number of oxime groups is 1. The second-order valence-corrected chi connectivity index (χ2v) is 7.98. The molecule has 8 nitrogen and oxygen atoms in total. The van der Waals surface area contributed by atoms with Crippen LogP contribution in [0.15, 0.2) is 41.8 Å². The van der Waals surface area contributed by atoms with Crippen molar-refractivity contribution < 1.29 is 23.6 Å². The molecule has 0 unspecified atom stereocenters. The average Bonchev–Trinajstić information content (AvgIpc) is 3.25. The summed E-state index contributed by atoms with van der Waals surface area (Å²) in [7, 11) is 0. The summed E-state index contributed by atoms with van der Waals surface area (Å²) in [5.41, 5.74) is 1.09. The maximum Gasteiger partial charge on any atom is 0.414 e. The fourth-order valence-electron chi connectivity index (χ4n) is 2.85. The maximum absolute atomic E-state index is 14.8. The molecule has 0 radical (unpaired) electrons. The van der Waals surface area contributed by atoms with E-state index in [9.17, 15) is 14.0 Å². The summed E-state index contributed by atoms with van der Waals surface area (Å²) in [6, 6.07) is 6.31. The lowest BCUT2D eigenvalue weighted by molar-refractivity contribution is -0.119. The summed E-state index contributed by atoms with van der Waals surface area (Å²) in [4.78, 5) is 29.8. The average molecular weight is 416 g/mol. The van der Waals surface area contributed by atoms with Gasteiger partial charge in [0, 0.05) is 24.9 Å². The van der Waals surface area contributed by atoms with Crippen molar-refractivity contribution in [2.45, 2.75) is 39.4 Å². The Labute approximate surface area is 174 Å². The quantitative estimate of drug-likeness (QED) is 0.579. The molecule has 1 N–H and O–H groups in total. The number of benzene rings is 1. The van der Waals surface area contributed by atoms with Crippen LogP contribution in [0.5, 0.6) is 0 Å². The van der Waals surface area contributed by atoms with Crippen LogP contribution in [0.1, 0.15) is 33.3 Å². The van der Waals surface area contributed by atoms with Gasteiger partial charge in [0.25, 0.3) is 0 Å². The molecule has 3 rings (SSSR count). The number of cyclic esters (lactones) is 1. The molecule has 1 saturated heterocycles. The van der Waals surface area contributed by atoms with Crippen molar-refractivity contribution in [1.82, 2.24) is 9.88 Å². The highest BCUT2D eigenvalue weighted by atomic mass is 19.1. The number of hydrogen-bond donors (Lipinski definition) is 1. The van der Waals surface area contributed by atoms with Crippen LogP contribution in [-0.2, 0) is 14.4 Å². The molecule has 1 atom stereocenters. The smallest absolute Gasteiger partial charge is 0.414 e. The molecule has 9 heteroatoms. The normalized spacial score (nSPS) is 16.8. The molecule has 2 heterocycles. The largest absolute Gasteiger partial charge is 0.442 e. The summed E-state index contributed by atoms with van der Waals surface area (Å²) >= 11 is 0. The van der Waals surface area contributed by atoms with E-state index in [4.69, 9.17) is 9.57 Å². The SMILES string of the molecule is CC(=O)NC[C@H]1CN(c2ccc(-n3ccc(C=NOC(C)(C)C)c3)c(F)c2)C(=O)O1. The molecule has 1 aliphatic rings. The minimum Gasteiger partial charge on any atom is -0.442 e. The Balaban J connectivity index is 1.70. The van der Waals surface area contributed by atoms with E-state index in [0.717, 1.165) is 5.56 Å². The Morgan fingerprint density at radius 3 is 2.83 bits per heavy atom. The highest BCUT2D eigenvalue weighted by Gasteiger charge is 2.32. The first-order valence-electron chi connectivity index (χ1n) is 9.54. The third kappa shape index (κ3) is 5.37. The molecule has 1 aromatic heterocycles. The van der Waals surface area contributed by atoms with Gasteiger partial charge in [0.05, 0.1) is 30.7 Å². The van der Waals surface area contributed by atoms with Crippen LogP contribution in [0.2, 0.25) is 0 Å². The molecule has 1 fully saturated rings. The molecular weight excluding hydrogens is 391 g/mol. The predicted molar refractivity (Wildman–Crippen MR) is 110 cm³/mol. The Hall–Kier alpha value is -3.36. The van der Waals surface area contributed by atoms with Gasteiger partial charge in [0.15, 0.2) is 0 Å². The number of nitrogens with one attached hydrogen (secondary N) is 1. The molecule has 0 bridgehead atoms. The lowest BCUT2D eigenvalue weighted by Gasteiger charge is -2.15. The summed E-state index contributed by atoms with van der Waals surface area (Å²) in [6.45, 7) is 7.51. The van der Waals surface area contributed by atoms with Gasteiger partial charge in [-0.15, -0.1) is 0 Å². The number of halogens is 1. The zero-order valence-corrected chi connectivity index (χ0v) is 17.4. The molecule has 0 spiro atoms. The summed E-state index contributed by atoms with van der Waals surface area (Å²) in [5, 5.41) is 6.54. The van der Waals surface area contributed by atoms with Crippen molar-refractivity contribution in [3.63, 3.8) is 0 Å². The van der Waals surface area contributed by atoms with Crippen LogP contribution < -0.4 is 10.2 Å². The fraction of sp³-hybridized carbons (Fsp3) is 0.381. The van der Waals surface area contributed by atoms with Gasteiger partial charge in [-0.2, -0.15) is 0 Å². The summed E-state index contributed by atoms with van der Waals surface area (Å²) in [6.07, 6.45) is 3.94. The molecule has 2 amide bonds. The van der Waals surface area contributed by atoms with Crippen LogP contribution in [0.4, 0.5) is 14.9 Å². The minimum absolute atomic E-state index is 0.207. The number of aromatic nitrogens is 1. The van der Waals surface area contributed by atoms with Gasteiger partial charge < -0.3 is 19.5 Å². The molecule has 160 valence electrons. The van der Waals surface area contributed by atoms with Crippen LogP contribution >= 0.6 is 0 Å². The van der Waals surface area contributed by atoms with Crippen LogP contribution in [0.25, 0.3) is 5.69 Å². The number of carbonyl (C=O) groups excluding carboxylic acids is 2. The predicted octanol–water partition coefficient (Wildman–Crippen LogP) is 3.23. The van der Waals surface area contributed by atoms with Crippen molar-refractivity contribution in [3.05, 3.63) is 48.0 Å². The first-order chi connectivity index (χ1) is 14.1. The fourth-order valence-corrected chi connectivity index (χ4v) is 2.85. The van der Waals surface area contributed by atoms with Crippen LogP contribution in [0.3, 0.4) is 0 Å². The molecule has 2 aromatic rings. The van der Waals surface area contributed by atoms with Crippen LogP contribution in [0, 0.1) is 5.82 Å². The number of carbonyl (C=O) groups is 2. The van der Waals surface area contributed by atoms with E-state index in [1.165, 1.54) is 17.9 Å². The number of anilines is 1. The van der Waals surface area contributed by atoms with E-state index >= 15 is 0 Å². The van der Waals surface area contributed by atoms with Crippen LogP contribution in [-0.4, -0.2) is 47.6 Å². The highest BCUT2D eigenvalue weighted by molar-refractivity contribution is 5.90. The Morgan fingerprint density at radius 2 is 2.17 bits per heavy atom. The van der Waals surface area contributed by atoms with E-state index in [1.807, 2.05) is 20.8 Å². The number of rotatable bonds is 6. The number of amides is 2. The van der Waals surface area contributed by atoms with Crippen molar-refractivity contribution in [2.24, 2.45) is 5.16 Å². The second kappa shape index (κ2) is 8.56. The van der Waals surface area contributed by atoms with Crippen molar-refractivity contribution in [2.75, 3.05) is 18.0 Å². The number of ether oxygens (including phenoxy) is 1. The Morgan fingerprint density at radius 1 is 1.40 bits per heavy atom. The van der Waals surface area contributed by atoms with E-state index in [0.29, 0.717) is 11.4 Å². The monoisotopic (exact) mass is 416 g/mol. The summed E-state index contributed by atoms with van der Waals surface area (Å²) in [5.74, 6) is -0.698. The molecule has 0 aliphatic carbocycles. The third-order valence-corrected chi connectivity index (χ3v) is 4.22. The van der Waals surface area contributed by atoms with Gasteiger partial charge in [-0.05, 0) is 45.0 Å². The topological polar surface area (TPSA) is 85.2 Å². The Kier molecular flexibility index (Phi) is 6.09. The van der Waals surface area contributed by atoms with Crippen molar-refractivity contribution in [1.29, 1.82) is 0 Å². The van der Waals surface area contributed by atoms with E-state index in [2.05, 4.69) is 10.5 Å². The number of nitrogens with zero attached hydrogens (tertiary/aromatic N) is 3. The van der Waals surface area contributed by atoms with Gasteiger partial charge in [0.2, 0.25) is 5.91 Å². The van der Waals surface area contributed by atoms with Gasteiger partial charge >= 0.3 is 6.09 Å².